The summed E-state index contributed by atoms with van der Waals surface area (Å²) >= 11 is 0. The van der Waals surface area contributed by atoms with Crippen LogP contribution in [0.2, 0.25) is 0 Å². The molecule has 9 heteroatoms. The fraction of sp³-hybridized carbons (Fsp3) is 0.464. The van der Waals surface area contributed by atoms with Crippen molar-refractivity contribution in [3.63, 3.8) is 0 Å². The predicted molar refractivity (Wildman–Crippen MR) is 139 cm³/mol. The summed E-state index contributed by atoms with van der Waals surface area (Å²) in [4.78, 5) is 28.3. The number of hydrogen-bond acceptors (Lipinski definition) is 6. The van der Waals surface area contributed by atoms with Gasteiger partial charge in [0.1, 0.15) is 23.9 Å². The Morgan fingerprint density at radius 1 is 1.11 bits per heavy atom. The minimum Gasteiger partial charge on any atom is -0.497 e. The van der Waals surface area contributed by atoms with E-state index in [4.69, 9.17) is 14.2 Å². The molecular formula is C28H36FN3O5. The Labute approximate surface area is 218 Å². The Morgan fingerprint density at radius 3 is 2.46 bits per heavy atom. The topological polar surface area (TPSA) is 80.7 Å². The second-order valence-electron chi connectivity index (χ2n) is 10.1. The number of benzene rings is 2. The zero-order chi connectivity index (χ0) is 27.2. The number of amides is 2. The molecule has 2 aromatic rings. The van der Waals surface area contributed by atoms with E-state index in [-0.39, 0.29) is 43.2 Å². The first-order valence-electron chi connectivity index (χ1n) is 12.2. The number of ether oxygens (including phenoxy) is 3. The number of nitrogens with zero attached hydrogens (tertiary/aromatic N) is 3. The van der Waals surface area contributed by atoms with Crippen molar-refractivity contribution in [1.82, 2.24) is 9.91 Å². The van der Waals surface area contributed by atoms with Gasteiger partial charge in [-0.2, -0.15) is 5.10 Å². The maximum absolute atomic E-state index is 14.7. The molecule has 0 saturated heterocycles. The molecule has 1 aliphatic rings. The van der Waals surface area contributed by atoms with Crippen molar-refractivity contribution in [2.24, 2.45) is 10.5 Å². The van der Waals surface area contributed by atoms with Crippen LogP contribution >= 0.6 is 0 Å². The molecular weight excluding hydrogens is 477 g/mol. The minimum atomic E-state index is -0.575. The highest BCUT2D eigenvalue weighted by molar-refractivity contribution is 6.03. The normalized spacial score (nSPS) is 15.4. The van der Waals surface area contributed by atoms with E-state index < -0.39 is 11.9 Å². The molecule has 0 aliphatic carbocycles. The van der Waals surface area contributed by atoms with Crippen molar-refractivity contribution in [1.29, 1.82) is 0 Å². The third kappa shape index (κ3) is 7.07. The molecule has 0 aromatic heterocycles. The van der Waals surface area contributed by atoms with E-state index in [0.29, 0.717) is 34.9 Å². The lowest BCUT2D eigenvalue weighted by atomic mass is 9.91. The van der Waals surface area contributed by atoms with E-state index in [1.54, 1.807) is 57.7 Å². The second kappa shape index (κ2) is 12.2. The molecule has 2 aromatic carbocycles. The number of hydrazone groups is 1. The number of rotatable bonds is 10. The van der Waals surface area contributed by atoms with E-state index in [9.17, 15) is 14.0 Å². The van der Waals surface area contributed by atoms with Gasteiger partial charge in [-0.05, 0) is 29.7 Å². The Kier molecular flexibility index (Phi) is 9.26. The van der Waals surface area contributed by atoms with Crippen LogP contribution in [0.15, 0.2) is 47.6 Å². The van der Waals surface area contributed by atoms with Gasteiger partial charge in [0.25, 0.3) is 5.91 Å². The zero-order valence-corrected chi connectivity index (χ0v) is 22.4. The fourth-order valence-corrected chi connectivity index (χ4v) is 4.23. The third-order valence-electron chi connectivity index (χ3n) is 6.07. The van der Waals surface area contributed by atoms with E-state index in [2.05, 4.69) is 5.10 Å². The predicted octanol–water partition coefficient (Wildman–Crippen LogP) is 4.43. The molecule has 0 fully saturated rings. The molecule has 1 aliphatic heterocycles. The molecule has 200 valence electrons. The summed E-state index contributed by atoms with van der Waals surface area (Å²) in [6.07, 6.45) is 0.547. The van der Waals surface area contributed by atoms with Crippen LogP contribution in [0.3, 0.4) is 0 Å². The maximum Gasteiger partial charge on any atom is 0.262 e. The largest absolute Gasteiger partial charge is 0.497 e. The molecule has 3 rings (SSSR count). The summed E-state index contributed by atoms with van der Waals surface area (Å²) in [6, 6.07) is 11.1. The van der Waals surface area contributed by atoms with Gasteiger partial charge in [0.05, 0.1) is 32.6 Å². The number of halogens is 1. The van der Waals surface area contributed by atoms with Crippen LogP contribution in [0.25, 0.3) is 0 Å². The monoisotopic (exact) mass is 513 g/mol. The van der Waals surface area contributed by atoms with Crippen LogP contribution < -0.4 is 9.47 Å². The van der Waals surface area contributed by atoms with Crippen molar-refractivity contribution in [2.75, 3.05) is 41.0 Å². The summed E-state index contributed by atoms with van der Waals surface area (Å²) < 4.78 is 30.8. The van der Waals surface area contributed by atoms with Gasteiger partial charge in [0, 0.05) is 37.6 Å². The molecule has 0 N–H and O–H groups in total. The molecule has 0 spiro atoms. The standard InChI is InChI=1S/C28H36FN3O5/c1-28(2,3)17-26(33)31(13-14-35-4)18-27(34)32-24(21-15-19(36-5)11-12-25(21)37-6)16-23(30-32)20-9-7-8-10-22(20)29/h7-12,15,24H,13-14,16-18H2,1-6H3/t24-/m0/s1. The average Bonchev–Trinajstić information content (AvgIpc) is 3.30. The summed E-state index contributed by atoms with van der Waals surface area (Å²) in [6.45, 7) is 6.28. The number of hydrogen-bond donors (Lipinski definition) is 0. The van der Waals surface area contributed by atoms with E-state index in [1.165, 1.54) is 16.0 Å². The maximum atomic E-state index is 14.7. The van der Waals surface area contributed by atoms with Gasteiger partial charge in [0.15, 0.2) is 0 Å². The minimum absolute atomic E-state index is 0.147. The lowest BCUT2D eigenvalue weighted by Crippen LogP contribution is -2.43. The lowest BCUT2D eigenvalue weighted by molar-refractivity contribution is -0.143. The van der Waals surface area contributed by atoms with Crippen LogP contribution in [0, 0.1) is 11.2 Å². The highest BCUT2D eigenvalue weighted by Crippen LogP contribution is 2.39. The van der Waals surface area contributed by atoms with E-state index >= 15 is 0 Å². The highest BCUT2D eigenvalue weighted by atomic mass is 19.1. The summed E-state index contributed by atoms with van der Waals surface area (Å²) in [5, 5.41) is 5.91. The Hall–Kier alpha value is -3.46. The average molecular weight is 514 g/mol. The second-order valence-corrected chi connectivity index (χ2v) is 10.1. The van der Waals surface area contributed by atoms with Crippen LogP contribution in [-0.2, 0) is 14.3 Å². The van der Waals surface area contributed by atoms with Crippen molar-refractivity contribution in [3.8, 4) is 11.5 Å². The van der Waals surface area contributed by atoms with Gasteiger partial charge in [0.2, 0.25) is 5.91 Å². The number of carbonyl (C=O) groups is 2. The number of carbonyl (C=O) groups excluding carboxylic acids is 2. The van der Waals surface area contributed by atoms with E-state index in [1.807, 2.05) is 20.8 Å². The van der Waals surface area contributed by atoms with Gasteiger partial charge < -0.3 is 19.1 Å². The van der Waals surface area contributed by atoms with Crippen LogP contribution in [-0.4, -0.2) is 68.5 Å². The first-order valence-corrected chi connectivity index (χ1v) is 12.2. The Morgan fingerprint density at radius 2 is 1.84 bits per heavy atom. The molecule has 0 saturated carbocycles. The van der Waals surface area contributed by atoms with Crippen molar-refractivity contribution in [3.05, 3.63) is 59.4 Å². The molecule has 8 nitrogen and oxygen atoms in total. The highest BCUT2D eigenvalue weighted by Gasteiger charge is 2.37. The number of methoxy groups -OCH3 is 3. The van der Waals surface area contributed by atoms with Gasteiger partial charge >= 0.3 is 0 Å². The molecule has 37 heavy (non-hydrogen) atoms. The molecule has 1 atom stereocenters. The molecule has 0 unspecified atom stereocenters. The summed E-state index contributed by atoms with van der Waals surface area (Å²) in [7, 11) is 4.65. The molecule has 2 amide bonds. The fourth-order valence-electron chi connectivity index (χ4n) is 4.23. The molecule has 0 radical (unpaired) electrons. The van der Waals surface area contributed by atoms with Gasteiger partial charge in [-0.1, -0.05) is 39.0 Å². The summed E-state index contributed by atoms with van der Waals surface area (Å²) in [5.41, 5.74) is 1.19. The van der Waals surface area contributed by atoms with E-state index in [0.717, 1.165) is 0 Å². The van der Waals surface area contributed by atoms with Crippen LogP contribution in [0.5, 0.6) is 11.5 Å². The van der Waals surface area contributed by atoms with Gasteiger partial charge in [-0.3, -0.25) is 9.59 Å². The molecule has 0 bridgehead atoms. The van der Waals surface area contributed by atoms with Crippen molar-refractivity contribution < 1.29 is 28.2 Å². The first kappa shape index (κ1) is 28.1. The quantitative estimate of drug-likeness (QED) is 0.470. The third-order valence-corrected chi connectivity index (χ3v) is 6.07. The summed E-state index contributed by atoms with van der Waals surface area (Å²) in [5.74, 6) is 0.178. The zero-order valence-electron chi connectivity index (χ0n) is 22.4. The Balaban J connectivity index is 1.99. The van der Waals surface area contributed by atoms with Gasteiger partial charge in [-0.25, -0.2) is 9.40 Å². The van der Waals surface area contributed by atoms with Gasteiger partial charge in [-0.15, -0.1) is 0 Å². The van der Waals surface area contributed by atoms with Crippen LogP contribution in [0.1, 0.15) is 50.8 Å². The molecule has 1 heterocycles. The smallest absolute Gasteiger partial charge is 0.262 e. The van der Waals surface area contributed by atoms with Crippen LogP contribution in [0.4, 0.5) is 4.39 Å². The van der Waals surface area contributed by atoms with Crippen molar-refractivity contribution >= 4 is 17.5 Å². The SMILES string of the molecule is COCCN(CC(=O)N1N=C(c2ccccc2F)C[C@H]1c1cc(OC)ccc1OC)C(=O)CC(C)(C)C. The lowest BCUT2D eigenvalue weighted by Gasteiger charge is -2.29. The van der Waals surface area contributed by atoms with Crippen molar-refractivity contribution in [2.45, 2.75) is 39.7 Å². The Bertz CT molecular complexity index is 1140. The first-order chi connectivity index (χ1) is 17.6.